The molecule has 1 heterocycles. The van der Waals surface area contributed by atoms with E-state index in [4.69, 9.17) is 11.6 Å². The number of hydrogen-bond acceptors (Lipinski definition) is 2. The summed E-state index contributed by atoms with van der Waals surface area (Å²) in [6.07, 6.45) is 1.43. The summed E-state index contributed by atoms with van der Waals surface area (Å²) in [5.41, 5.74) is 2.02. The molecule has 0 unspecified atom stereocenters. The molecule has 0 aliphatic carbocycles. The summed E-state index contributed by atoms with van der Waals surface area (Å²) in [6.45, 7) is 1.94. The average Bonchev–Trinajstić information content (AvgIpc) is 2.66. The zero-order valence-corrected chi connectivity index (χ0v) is 11.5. The molecule has 0 bridgehead atoms. The van der Waals surface area contributed by atoms with Crippen molar-refractivity contribution in [2.45, 2.75) is 13.3 Å². The highest BCUT2D eigenvalue weighted by molar-refractivity contribution is 9.10. The van der Waals surface area contributed by atoms with Gasteiger partial charge in [-0.05, 0) is 30.7 Å². The van der Waals surface area contributed by atoms with Crippen LogP contribution in [0.15, 0.2) is 28.7 Å². The number of halogens is 2. The number of benzene rings is 1. The molecule has 1 aromatic carbocycles. The fraction of sp³-hybridized carbons (Fsp3) is 0.167. The van der Waals surface area contributed by atoms with Gasteiger partial charge in [0.25, 0.3) is 0 Å². The van der Waals surface area contributed by atoms with Crippen molar-refractivity contribution in [3.05, 3.63) is 45.1 Å². The Morgan fingerprint density at radius 3 is 2.53 bits per heavy atom. The van der Waals surface area contributed by atoms with E-state index in [9.17, 15) is 4.79 Å². The van der Waals surface area contributed by atoms with Crippen LogP contribution in [0.2, 0.25) is 5.15 Å². The summed E-state index contributed by atoms with van der Waals surface area (Å²) in [5.74, 6) is 0. The standard InChI is InChI=1S/C12H10BrClN2O/c1-2-11-10(7-17)12(14)16(15-11)9-5-3-8(13)4-6-9/h3-7H,2H2,1H3. The molecular weight excluding hydrogens is 304 g/mol. The summed E-state index contributed by atoms with van der Waals surface area (Å²) in [5, 5.41) is 4.70. The molecule has 0 aliphatic rings. The van der Waals surface area contributed by atoms with Gasteiger partial charge in [-0.2, -0.15) is 5.10 Å². The van der Waals surface area contributed by atoms with Gasteiger partial charge >= 0.3 is 0 Å². The van der Waals surface area contributed by atoms with Gasteiger partial charge in [-0.25, -0.2) is 4.68 Å². The smallest absolute Gasteiger partial charge is 0.155 e. The molecule has 5 heteroatoms. The molecule has 0 atom stereocenters. The maximum absolute atomic E-state index is 11.0. The van der Waals surface area contributed by atoms with Crippen molar-refractivity contribution in [3.8, 4) is 5.69 Å². The first-order valence-corrected chi connectivity index (χ1v) is 6.33. The number of carbonyl (C=O) groups is 1. The molecule has 0 saturated heterocycles. The average molecular weight is 314 g/mol. The number of aldehydes is 1. The third-order valence-electron chi connectivity index (χ3n) is 2.46. The molecule has 0 radical (unpaired) electrons. The zero-order chi connectivity index (χ0) is 12.4. The third-order valence-corrected chi connectivity index (χ3v) is 3.36. The summed E-state index contributed by atoms with van der Waals surface area (Å²) in [7, 11) is 0. The summed E-state index contributed by atoms with van der Waals surface area (Å²) >= 11 is 9.50. The Morgan fingerprint density at radius 1 is 1.41 bits per heavy atom. The van der Waals surface area contributed by atoms with Gasteiger partial charge in [-0.3, -0.25) is 4.79 Å². The van der Waals surface area contributed by atoms with Crippen LogP contribution in [0, 0.1) is 0 Å². The first kappa shape index (κ1) is 12.3. The van der Waals surface area contributed by atoms with Crippen LogP contribution in [-0.2, 0) is 6.42 Å². The molecule has 0 N–H and O–H groups in total. The molecule has 0 fully saturated rings. The van der Waals surface area contributed by atoms with Gasteiger partial charge in [0.15, 0.2) is 6.29 Å². The topological polar surface area (TPSA) is 34.9 Å². The number of aromatic nitrogens is 2. The second-order valence-corrected chi connectivity index (χ2v) is 4.78. The van der Waals surface area contributed by atoms with E-state index in [1.807, 2.05) is 31.2 Å². The second kappa shape index (κ2) is 5.02. The molecule has 1 aromatic heterocycles. The maximum Gasteiger partial charge on any atom is 0.155 e. The highest BCUT2D eigenvalue weighted by Crippen LogP contribution is 2.23. The maximum atomic E-state index is 11.0. The molecule has 3 nitrogen and oxygen atoms in total. The Morgan fingerprint density at radius 2 is 2.06 bits per heavy atom. The predicted molar refractivity (Wildman–Crippen MR) is 71.0 cm³/mol. The quantitative estimate of drug-likeness (QED) is 0.811. The molecule has 0 amide bonds. The number of rotatable bonds is 3. The molecule has 2 aromatic rings. The van der Waals surface area contributed by atoms with Crippen LogP contribution < -0.4 is 0 Å². The van der Waals surface area contributed by atoms with Gasteiger partial charge < -0.3 is 0 Å². The molecule has 17 heavy (non-hydrogen) atoms. The predicted octanol–water partition coefficient (Wildman–Crippen LogP) is 3.66. The summed E-state index contributed by atoms with van der Waals surface area (Å²) in [6, 6.07) is 7.58. The van der Waals surface area contributed by atoms with Gasteiger partial charge in [-0.1, -0.05) is 34.5 Å². The second-order valence-electron chi connectivity index (χ2n) is 3.51. The van der Waals surface area contributed by atoms with Crippen molar-refractivity contribution < 1.29 is 4.79 Å². The zero-order valence-electron chi connectivity index (χ0n) is 9.15. The molecule has 0 spiro atoms. The SMILES string of the molecule is CCc1nn(-c2ccc(Br)cc2)c(Cl)c1C=O. The highest BCUT2D eigenvalue weighted by Gasteiger charge is 2.15. The Labute approximate surface area is 113 Å². The molecule has 0 saturated carbocycles. The van der Waals surface area contributed by atoms with Gasteiger partial charge in [0.2, 0.25) is 0 Å². The minimum absolute atomic E-state index is 0.360. The van der Waals surface area contributed by atoms with Gasteiger partial charge in [-0.15, -0.1) is 0 Å². The number of aryl methyl sites for hydroxylation is 1. The van der Waals surface area contributed by atoms with Gasteiger partial charge in [0.05, 0.1) is 16.9 Å². The number of hydrogen-bond donors (Lipinski definition) is 0. The largest absolute Gasteiger partial charge is 0.298 e. The minimum Gasteiger partial charge on any atom is -0.298 e. The molecule has 0 aliphatic heterocycles. The number of nitrogens with zero attached hydrogens (tertiary/aromatic N) is 2. The highest BCUT2D eigenvalue weighted by atomic mass is 79.9. The first-order chi connectivity index (χ1) is 8.17. The molecule has 88 valence electrons. The van der Waals surface area contributed by atoms with Gasteiger partial charge in [0, 0.05) is 4.47 Å². The lowest BCUT2D eigenvalue weighted by atomic mass is 10.2. The van der Waals surface area contributed by atoms with Crippen molar-refractivity contribution in [2.24, 2.45) is 0 Å². The lowest BCUT2D eigenvalue weighted by Gasteiger charge is -2.02. The van der Waals surface area contributed by atoms with E-state index in [1.165, 1.54) is 0 Å². The Hall–Kier alpha value is -1.13. The van der Waals surface area contributed by atoms with Gasteiger partial charge in [0.1, 0.15) is 5.15 Å². The van der Waals surface area contributed by atoms with Crippen LogP contribution in [0.1, 0.15) is 23.0 Å². The van der Waals surface area contributed by atoms with E-state index in [0.717, 1.165) is 16.4 Å². The Bertz CT molecular complexity index is 548. The third kappa shape index (κ3) is 2.28. The minimum atomic E-state index is 0.360. The van der Waals surface area contributed by atoms with E-state index in [1.54, 1.807) is 4.68 Å². The summed E-state index contributed by atoms with van der Waals surface area (Å²) in [4.78, 5) is 11.0. The fourth-order valence-electron chi connectivity index (χ4n) is 1.58. The van der Waals surface area contributed by atoms with Crippen LogP contribution >= 0.6 is 27.5 Å². The van der Waals surface area contributed by atoms with Crippen molar-refractivity contribution in [3.63, 3.8) is 0 Å². The number of carbonyl (C=O) groups excluding carboxylic acids is 1. The van der Waals surface area contributed by atoms with Crippen molar-refractivity contribution in [2.75, 3.05) is 0 Å². The van der Waals surface area contributed by atoms with E-state index in [-0.39, 0.29) is 0 Å². The normalized spacial score (nSPS) is 10.5. The summed E-state index contributed by atoms with van der Waals surface area (Å²) < 4.78 is 2.56. The van der Waals surface area contributed by atoms with E-state index in [2.05, 4.69) is 21.0 Å². The Kier molecular flexibility index (Phi) is 3.64. The first-order valence-electron chi connectivity index (χ1n) is 5.16. The lowest BCUT2D eigenvalue weighted by Crippen LogP contribution is -1.96. The van der Waals surface area contributed by atoms with Crippen LogP contribution in [0.5, 0.6) is 0 Å². The van der Waals surface area contributed by atoms with Crippen LogP contribution in [0.4, 0.5) is 0 Å². The molecular formula is C12H10BrClN2O. The van der Waals surface area contributed by atoms with Crippen molar-refractivity contribution in [1.29, 1.82) is 0 Å². The molecule has 2 rings (SSSR count). The van der Waals surface area contributed by atoms with Crippen molar-refractivity contribution >= 4 is 33.8 Å². The Balaban J connectivity index is 2.56. The van der Waals surface area contributed by atoms with E-state index in [0.29, 0.717) is 22.8 Å². The van der Waals surface area contributed by atoms with Crippen LogP contribution in [-0.4, -0.2) is 16.1 Å². The monoisotopic (exact) mass is 312 g/mol. The van der Waals surface area contributed by atoms with Crippen LogP contribution in [0.3, 0.4) is 0 Å². The fourth-order valence-corrected chi connectivity index (χ4v) is 2.14. The van der Waals surface area contributed by atoms with Crippen molar-refractivity contribution in [1.82, 2.24) is 9.78 Å². The van der Waals surface area contributed by atoms with E-state index < -0.39 is 0 Å². The van der Waals surface area contributed by atoms with E-state index >= 15 is 0 Å². The van der Waals surface area contributed by atoms with Crippen LogP contribution in [0.25, 0.3) is 5.69 Å². The lowest BCUT2D eigenvalue weighted by molar-refractivity contribution is 0.112.